The second-order valence-corrected chi connectivity index (χ2v) is 8.11. The molecule has 2 N–H and O–H groups in total. The number of anilines is 1. The van der Waals surface area contributed by atoms with E-state index in [0.717, 1.165) is 37.0 Å². The van der Waals surface area contributed by atoms with Crippen molar-refractivity contribution >= 4 is 28.3 Å². The number of aromatic nitrogens is 1. The van der Waals surface area contributed by atoms with Gasteiger partial charge in [0, 0.05) is 23.4 Å². The summed E-state index contributed by atoms with van der Waals surface area (Å²) in [6, 6.07) is 7.79. The van der Waals surface area contributed by atoms with Gasteiger partial charge in [0.05, 0.1) is 0 Å². The van der Waals surface area contributed by atoms with Gasteiger partial charge in [-0.15, -0.1) is 11.3 Å². The molecule has 0 aliphatic heterocycles. The summed E-state index contributed by atoms with van der Waals surface area (Å²) in [6.45, 7) is 3.78. The average Bonchev–Trinajstić information content (AvgIpc) is 3.27. The van der Waals surface area contributed by atoms with E-state index in [4.69, 9.17) is 0 Å². The third-order valence-electron chi connectivity index (χ3n) is 4.72. The van der Waals surface area contributed by atoms with Crippen LogP contribution in [0.5, 0.6) is 0 Å². The Bertz CT molecular complexity index is 781. The van der Waals surface area contributed by atoms with Crippen LogP contribution in [0.2, 0.25) is 0 Å². The molecule has 0 bridgehead atoms. The molecule has 1 aliphatic carbocycles. The number of carbonyl (C=O) groups is 2. The van der Waals surface area contributed by atoms with E-state index in [1.54, 1.807) is 13.1 Å². The molecule has 5 nitrogen and oxygen atoms in total. The first-order chi connectivity index (χ1) is 12.5. The summed E-state index contributed by atoms with van der Waals surface area (Å²) in [5.74, 6) is -0.178. The van der Waals surface area contributed by atoms with Crippen molar-refractivity contribution in [1.82, 2.24) is 10.3 Å². The average molecular weight is 372 g/mol. The minimum atomic E-state index is -0.563. The van der Waals surface area contributed by atoms with Crippen LogP contribution in [0.3, 0.4) is 0 Å². The van der Waals surface area contributed by atoms with E-state index in [0.29, 0.717) is 5.13 Å². The monoisotopic (exact) mass is 371 g/mol. The minimum absolute atomic E-state index is 0.00979. The molecule has 1 fully saturated rings. The molecular formula is C20H25N3O2S. The molecule has 1 unspecified atom stereocenters. The summed E-state index contributed by atoms with van der Waals surface area (Å²) in [4.78, 5) is 29.8. The number of carbonyl (C=O) groups excluding carboxylic acids is 2. The molecule has 0 spiro atoms. The number of aryl methyl sites for hydroxylation is 1. The predicted octanol–water partition coefficient (Wildman–Crippen LogP) is 3.68. The van der Waals surface area contributed by atoms with Gasteiger partial charge in [-0.25, -0.2) is 4.98 Å². The number of nitrogens with one attached hydrogen (secondary N) is 2. The van der Waals surface area contributed by atoms with Gasteiger partial charge in [0.25, 0.3) is 0 Å². The highest BCUT2D eigenvalue weighted by molar-refractivity contribution is 7.15. The quantitative estimate of drug-likeness (QED) is 0.814. The Balaban J connectivity index is 1.52. The van der Waals surface area contributed by atoms with Crippen molar-refractivity contribution in [2.75, 3.05) is 5.32 Å². The van der Waals surface area contributed by atoms with Gasteiger partial charge in [0.2, 0.25) is 11.8 Å². The van der Waals surface area contributed by atoms with E-state index < -0.39 is 6.04 Å². The normalized spacial score (nSPS) is 15.6. The topological polar surface area (TPSA) is 71.1 Å². The third kappa shape index (κ3) is 4.91. The number of amides is 2. The predicted molar refractivity (Wildman–Crippen MR) is 104 cm³/mol. The molecule has 2 amide bonds. The van der Waals surface area contributed by atoms with Gasteiger partial charge in [0.15, 0.2) is 5.13 Å². The zero-order valence-corrected chi connectivity index (χ0v) is 16.1. The smallest absolute Gasteiger partial charge is 0.248 e. The van der Waals surface area contributed by atoms with E-state index in [2.05, 4.69) is 40.7 Å². The van der Waals surface area contributed by atoms with Crippen molar-refractivity contribution in [3.05, 3.63) is 46.5 Å². The van der Waals surface area contributed by atoms with Crippen LogP contribution in [0.1, 0.15) is 48.6 Å². The Morgan fingerprint density at radius 2 is 2.08 bits per heavy atom. The molecule has 138 valence electrons. The number of rotatable bonds is 6. The first-order valence-electron chi connectivity index (χ1n) is 9.13. The van der Waals surface area contributed by atoms with Gasteiger partial charge in [-0.2, -0.15) is 0 Å². The number of benzene rings is 1. The molecule has 1 heterocycles. The highest BCUT2D eigenvalue weighted by Crippen LogP contribution is 2.25. The molecule has 1 aromatic carbocycles. The second kappa shape index (κ2) is 8.45. The highest BCUT2D eigenvalue weighted by atomic mass is 32.1. The van der Waals surface area contributed by atoms with Crippen molar-refractivity contribution < 1.29 is 9.59 Å². The lowest BCUT2D eigenvalue weighted by Gasteiger charge is -2.16. The van der Waals surface area contributed by atoms with E-state index in [-0.39, 0.29) is 17.7 Å². The summed E-state index contributed by atoms with van der Waals surface area (Å²) >= 11 is 1.47. The van der Waals surface area contributed by atoms with E-state index in [1.807, 2.05) is 6.07 Å². The van der Waals surface area contributed by atoms with Crippen LogP contribution in [-0.4, -0.2) is 22.8 Å². The van der Waals surface area contributed by atoms with Crippen LogP contribution >= 0.6 is 11.3 Å². The Labute approximate surface area is 158 Å². The Morgan fingerprint density at radius 1 is 1.31 bits per heavy atom. The maximum absolute atomic E-state index is 12.3. The molecule has 1 atom stereocenters. The number of hydrogen-bond acceptors (Lipinski definition) is 4. The van der Waals surface area contributed by atoms with Crippen molar-refractivity contribution in [1.29, 1.82) is 0 Å². The maximum atomic E-state index is 12.3. The number of hydrogen-bond donors (Lipinski definition) is 2. The van der Waals surface area contributed by atoms with Crippen LogP contribution < -0.4 is 10.6 Å². The molecule has 1 aliphatic rings. The van der Waals surface area contributed by atoms with E-state index >= 15 is 0 Å². The molecule has 6 heteroatoms. The van der Waals surface area contributed by atoms with Crippen molar-refractivity contribution in [3.8, 4) is 0 Å². The fraction of sp³-hybridized carbons (Fsp3) is 0.450. The third-order valence-corrected chi connectivity index (χ3v) is 5.64. The zero-order valence-electron chi connectivity index (χ0n) is 15.2. The van der Waals surface area contributed by atoms with Gasteiger partial charge >= 0.3 is 0 Å². The lowest BCUT2D eigenvalue weighted by atomic mass is 10.1. The Kier molecular flexibility index (Phi) is 6.04. The molecule has 2 aromatic rings. The summed E-state index contributed by atoms with van der Waals surface area (Å²) in [5, 5.41) is 6.20. The first-order valence-corrected chi connectivity index (χ1v) is 9.94. The van der Waals surface area contributed by atoms with Gasteiger partial charge in [-0.1, -0.05) is 42.7 Å². The Morgan fingerprint density at radius 3 is 2.81 bits per heavy atom. The summed E-state index contributed by atoms with van der Waals surface area (Å²) in [7, 11) is 0. The van der Waals surface area contributed by atoms with Gasteiger partial charge in [-0.05, 0) is 32.3 Å². The van der Waals surface area contributed by atoms with Crippen LogP contribution in [0.15, 0.2) is 30.5 Å². The molecular weight excluding hydrogens is 346 g/mol. The zero-order chi connectivity index (χ0) is 18.5. The van der Waals surface area contributed by atoms with E-state index in [9.17, 15) is 9.59 Å². The lowest BCUT2D eigenvalue weighted by Crippen LogP contribution is -2.43. The summed E-state index contributed by atoms with van der Waals surface area (Å²) < 4.78 is 0. The van der Waals surface area contributed by atoms with Crippen molar-refractivity contribution in [3.63, 3.8) is 0 Å². The van der Waals surface area contributed by atoms with Gasteiger partial charge in [0.1, 0.15) is 6.04 Å². The largest absolute Gasteiger partial charge is 0.344 e. The second-order valence-electron chi connectivity index (χ2n) is 7.00. The molecule has 0 saturated heterocycles. The Hall–Kier alpha value is -2.21. The van der Waals surface area contributed by atoms with Crippen LogP contribution in [0, 0.1) is 12.8 Å². The fourth-order valence-electron chi connectivity index (χ4n) is 3.27. The van der Waals surface area contributed by atoms with E-state index in [1.165, 1.54) is 22.5 Å². The molecule has 1 saturated carbocycles. The molecule has 26 heavy (non-hydrogen) atoms. The van der Waals surface area contributed by atoms with Crippen LogP contribution in [0.4, 0.5) is 5.13 Å². The summed E-state index contributed by atoms with van der Waals surface area (Å²) in [5.41, 5.74) is 2.45. The standard InChI is InChI=1S/C20H25N3O2S/c1-13-6-5-7-15(10-13)11-17-12-21-20(26-17)23-18(24)14(2)22-19(25)16-8-3-4-9-16/h5-7,10,12,14,16H,3-4,8-9,11H2,1-2H3,(H,22,25)(H,21,23,24). The summed E-state index contributed by atoms with van der Waals surface area (Å²) in [6.07, 6.45) is 6.64. The minimum Gasteiger partial charge on any atom is -0.344 e. The van der Waals surface area contributed by atoms with Crippen molar-refractivity contribution in [2.45, 2.75) is 52.0 Å². The highest BCUT2D eigenvalue weighted by Gasteiger charge is 2.25. The van der Waals surface area contributed by atoms with Crippen LogP contribution in [0.25, 0.3) is 0 Å². The number of nitrogens with zero attached hydrogens (tertiary/aromatic N) is 1. The van der Waals surface area contributed by atoms with Crippen LogP contribution in [-0.2, 0) is 16.0 Å². The molecule has 3 rings (SSSR count). The molecule has 0 radical (unpaired) electrons. The lowest BCUT2D eigenvalue weighted by molar-refractivity contribution is -0.128. The fourth-order valence-corrected chi connectivity index (χ4v) is 4.12. The molecule has 1 aromatic heterocycles. The van der Waals surface area contributed by atoms with Gasteiger partial charge in [-0.3, -0.25) is 9.59 Å². The SMILES string of the molecule is Cc1cccc(Cc2cnc(NC(=O)C(C)NC(=O)C3CCCC3)s2)c1. The van der Waals surface area contributed by atoms with Gasteiger partial charge < -0.3 is 10.6 Å². The first kappa shape index (κ1) is 18.6. The number of thiazole rings is 1. The maximum Gasteiger partial charge on any atom is 0.248 e. The van der Waals surface area contributed by atoms with Crippen molar-refractivity contribution in [2.24, 2.45) is 5.92 Å².